The number of methoxy groups -OCH3 is 2. The number of halogens is 1. The first kappa shape index (κ1) is 26.3. The molecule has 8 heteroatoms. The molecule has 180 valence electrons. The van der Waals surface area contributed by atoms with Gasteiger partial charge < -0.3 is 24.4 Å². The zero-order chi connectivity index (χ0) is 24.6. The Balaban J connectivity index is 2.29. The predicted molar refractivity (Wildman–Crippen MR) is 129 cm³/mol. The second-order valence-corrected chi connectivity index (χ2v) is 9.02. The molecule has 0 aliphatic rings. The third-order valence-corrected chi connectivity index (χ3v) is 5.24. The highest BCUT2D eigenvalue weighted by molar-refractivity contribution is 6.31. The zero-order valence-electron chi connectivity index (χ0n) is 20.1. The number of carbonyl (C=O) groups is 2. The van der Waals surface area contributed by atoms with Gasteiger partial charge in [0.2, 0.25) is 5.91 Å². The highest BCUT2D eigenvalue weighted by Crippen LogP contribution is 2.27. The highest BCUT2D eigenvalue weighted by Gasteiger charge is 2.31. The Morgan fingerprint density at radius 3 is 2.12 bits per heavy atom. The number of nitrogens with zero attached hydrogens (tertiary/aromatic N) is 1. The second kappa shape index (κ2) is 11.8. The summed E-state index contributed by atoms with van der Waals surface area (Å²) in [6.45, 7) is 7.48. The Labute approximate surface area is 201 Å². The van der Waals surface area contributed by atoms with Crippen LogP contribution in [0.5, 0.6) is 17.2 Å². The van der Waals surface area contributed by atoms with Crippen molar-refractivity contribution in [2.45, 2.75) is 52.2 Å². The molecule has 0 saturated carbocycles. The lowest BCUT2D eigenvalue weighted by atomic mass is 10.1. The van der Waals surface area contributed by atoms with Crippen molar-refractivity contribution in [1.29, 1.82) is 0 Å². The van der Waals surface area contributed by atoms with Crippen LogP contribution in [0.25, 0.3) is 0 Å². The fraction of sp³-hybridized carbons (Fsp3) is 0.440. The normalized spacial score (nSPS) is 12.0. The number of ether oxygens (including phenoxy) is 3. The van der Waals surface area contributed by atoms with Gasteiger partial charge in [-0.05, 0) is 38.8 Å². The van der Waals surface area contributed by atoms with Crippen molar-refractivity contribution in [3.8, 4) is 17.2 Å². The molecule has 0 fully saturated rings. The molecule has 1 atom stereocenters. The van der Waals surface area contributed by atoms with Crippen molar-refractivity contribution in [3.05, 3.63) is 53.1 Å². The molecule has 0 spiro atoms. The van der Waals surface area contributed by atoms with Crippen molar-refractivity contribution in [1.82, 2.24) is 10.2 Å². The molecule has 0 saturated heterocycles. The summed E-state index contributed by atoms with van der Waals surface area (Å²) in [6, 6.07) is 11.6. The number of hydrogen-bond acceptors (Lipinski definition) is 5. The molecule has 0 radical (unpaired) electrons. The lowest BCUT2D eigenvalue weighted by molar-refractivity contribution is -0.143. The van der Waals surface area contributed by atoms with E-state index in [0.717, 1.165) is 5.56 Å². The molecule has 2 amide bonds. The van der Waals surface area contributed by atoms with E-state index in [-0.39, 0.29) is 25.0 Å². The summed E-state index contributed by atoms with van der Waals surface area (Å²) in [7, 11) is 3.07. The molecule has 2 aromatic carbocycles. The van der Waals surface area contributed by atoms with Crippen LogP contribution in [-0.2, 0) is 16.1 Å². The van der Waals surface area contributed by atoms with Gasteiger partial charge in [0.1, 0.15) is 23.3 Å². The molecule has 0 aliphatic carbocycles. The lowest BCUT2D eigenvalue weighted by Crippen LogP contribution is -2.54. The number of carbonyl (C=O) groups excluding carboxylic acids is 2. The molecular weight excluding hydrogens is 444 g/mol. The second-order valence-electron chi connectivity index (χ2n) is 8.61. The van der Waals surface area contributed by atoms with Crippen molar-refractivity contribution < 1.29 is 23.8 Å². The standard InChI is InChI=1S/C25H33ClN2O5/c1-7-22(24(30)27-25(2,3)4)28(15-17-10-8-9-11-21(17)26)23(29)16-33-20-13-18(31-5)12-19(14-20)32-6/h8-14,22H,7,15-16H2,1-6H3,(H,27,30)/t22-/m0/s1. The molecule has 2 aromatic rings. The summed E-state index contributed by atoms with van der Waals surface area (Å²) >= 11 is 6.35. The lowest BCUT2D eigenvalue weighted by Gasteiger charge is -2.33. The van der Waals surface area contributed by atoms with E-state index in [0.29, 0.717) is 28.7 Å². The zero-order valence-corrected chi connectivity index (χ0v) is 20.9. The van der Waals surface area contributed by atoms with Crippen molar-refractivity contribution in [2.75, 3.05) is 20.8 Å². The summed E-state index contributed by atoms with van der Waals surface area (Å²) in [4.78, 5) is 27.9. The topological polar surface area (TPSA) is 77.1 Å². The van der Waals surface area contributed by atoms with Crippen molar-refractivity contribution in [2.24, 2.45) is 0 Å². The molecule has 0 aromatic heterocycles. The summed E-state index contributed by atoms with van der Waals surface area (Å²) in [5, 5.41) is 3.50. The van der Waals surface area contributed by atoms with Gasteiger partial charge in [0.05, 0.1) is 14.2 Å². The largest absolute Gasteiger partial charge is 0.496 e. The average molecular weight is 477 g/mol. The Morgan fingerprint density at radius 2 is 1.61 bits per heavy atom. The van der Waals surface area contributed by atoms with Crippen LogP contribution in [0.3, 0.4) is 0 Å². The van der Waals surface area contributed by atoms with Gasteiger partial charge in [-0.1, -0.05) is 36.7 Å². The van der Waals surface area contributed by atoms with Crippen LogP contribution >= 0.6 is 11.6 Å². The molecular formula is C25H33ClN2O5. The maximum atomic E-state index is 13.3. The van der Waals surface area contributed by atoms with Crippen LogP contribution in [0.2, 0.25) is 5.02 Å². The minimum absolute atomic E-state index is 0.180. The van der Waals surface area contributed by atoms with Gasteiger partial charge in [-0.15, -0.1) is 0 Å². The van der Waals surface area contributed by atoms with E-state index in [4.69, 9.17) is 25.8 Å². The number of rotatable bonds is 10. The molecule has 7 nitrogen and oxygen atoms in total. The number of hydrogen-bond donors (Lipinski definition) is 1. The van der Waals surface area contributed by atoms with Gasteiger partial charge in [0, 0.05) is 35.3 Å². The summed E-state index contributed by atoms with van der Waals surface area (Å²) in [5.41, 5.74) is 0.314. The number of benzene rings is 2. The van der Waals surface area contributed by atoms with Crippen molar-refractivity contribution in [3.63, 3.8) is 0 Å². The van der Waals surface area contributed by atoms with E-state index in [2.05, 4.69) is 5.32 Å². The molecule has 2 rings (SSSR count). The van der Waals surface area contributed by atoms with E-state index < -0.39 is 11.6 Å². The summed E-state index contributed by atoms with van der Waals surface area (Å²) in [6.07, 6.45) is 0.436. The first-order valence-electron chi connectivity index (χ1n) is 10.8. The van der Waals surface area contributed by atoms with E-state index in [9.17, 15) is 9.59 Å². The third kappa shape index (κ3) is 7.86. The first-order valence-corrected chi connectivity index (χ1v) is 11.2. The Bertz CT molecular complexity index is 936. The van der Waals surface area contributed by atoms with Crippen LogP contribution in [0.15, 0.2) is 42.5 Å². The van der Waals surface area contributed by atoms with Crippen LogP contribution < -0.4 is 19.5 Å². The molecule has 0 heterocycles. The van der Waals surface area contributed by atoms with E-state index in [1.54, 1.807) is 24.3 Å². The maximum Gasteiger partial charge on any atom is 0.261 e. The van der Waals surface area contributed by atoms with Gasteiger partial charge in [-0.25, -0.2) is 0 Å². The number of nitrogens with one attached hydrogen (secondary N) is 1. The Kier molecular flexibility index (Phi) is 9.41. The monoisotopic (exact) mass is 476 g/mol. The van der Waals surface area contributed by atoms with E-state index in [1.165, 1.54) is 19.1 Å². The fourth-order valence-electron chi connectivity index (χ4n) is 3.28. The minimum atomic E-state index is -0.684. The third-order valence-electron chi connectivity index (χ3n) is 4.87. The highest BCUT2D eigenvalue weighted by atomic mass is 35.5. The molecule has 33 heavy (non-hydrogen) atoms. The summed E-state index contributed by atoms with van der Waals surface area (Å²) < 4.78 is 16.3. The minimum Gasteiger partial charge on any atom is -0.496 e. The average Bonchev–Trinajstić information content (AvgIpc) is 2.77. The quantitative estimate of drug-likeness (QED) is 0.548. The molecule has 0 aliphatic heterocycles. The van der Waals surface area contributed by atoms with Gasteiger partial charge in [0.25, 0.3) is 5.91 Å². The molecule has 0 unspecified atom stereocenters. The first-order chi connectivity index (χ1) is 15.6. The summed E-state index contributed by atoms with van der Waals surface area (Å²) in [5.74, 6) is 0.937. The smallest absolute Gasteiger partial charge is 0.261 e. The number of amides is 2. The predicted octanol–water partition coefficient (Wildman–Crippen LogP) is 4.46. The van der Waals surface area contributed by atoms with Crippen molar-refractivity contribution >= 4 is 23.4 Å². The van der Waals surface area contributed by atoms with Gasteiger partial charge >= 0.3 is 0 Å². The van der Waals surface area contributed by atoms with Crippen LogP contribution in [-0.4, -0.2) is 49.1 Å². The van der Waals surface area contributed by atoms with Crippen LogP contribution in [0.4, 0.5) is 0 Å². The SMILES string of the molecule is CC[C@@H](C(=O)NC(C)(C)C)N(Cc1ccccc1Cl)C(=O)COc1cc(OC)cc(OC)c1. The molecule has 1 N–H and O–H groups in total. The molecule has 0 bridgehead atoms. The van der Waals surface area contributed by atoms with Gasteiger partial charge in [-0.3, -0.25) is 9.59 Å². The van der Waals surface area contributed by atoms with E-state index >= 15 is 0 Å². The Hall–Kier alpha value is -2.93. The van der Waals surface area contributed by atoms with E-state index in [1.807, 2.05) is 45.9 Å². The van der Waals surface area contributed by atoms with Crippen LogP contribution in [0, 0.1) is 0 Å². The maximum absolute atomic E-state index is 13.3. The van der Waals surface area contributed by atoms with Gasteiger partial charge in [0.15, 0.2) is 6.61 Å². The Morgan fingerprint density at radius 1 is 1.03 bits per heavy atom. The van der Waals surface area contributed by atoms with Gasteiger partial charge in [-0.2, -0.15) is 0 Å². The fourth-order valence-corrected chi connectivity index (χ4v) is 3.47. The van der Waals surface area contributed by atoms with Crippen LogP contribution in [0.1, 0.15) is 39.7 Å².